The Hall–Kier alpha value is -1.44. The summed E-state index contributed by atoms with van der Waals surface area (Å²) >= 11 is 5.83. The van der Waals surface area contributed by atoms with Crippen LogP contribution in [-0.2, 0) is 9.53 Å². The van der Waals surface area contributed by atoms with Gasteiger partial charge in [0.2, 0.25) is 5.95 Å². The molecule has 1 aromatic heterocycles. The molecule has 0 saturated carbocycles. The summed E-state index contributed by atoms with van der Waals surface area (Å²) in [5.41, 5.74) is 5.70. The Morgan fingerprint density at radius 3 is 2.58 bits per heavy atom. The summed E-state index contributed by atoms with van der Waals surface area (Å²) < 4.78 is 5.64. The Balaban J connectivity index is 1.51. The topological polar surface area (TPSA) is 84.6 Å². The Labute approximate surface area is 147 Å². The first kappa shape index (κ1) is 17.4. The fourth-order valence-electron chi connectivity index (χ4n) is 3.31. The number of anilines is 1. The van der Waals surface area contributed by atoms with Gasteiger partial charge in [-0.15, -0.1) is 0 Å². The molecular weight excluding hydrogens is 330 g/mol. The number of ether oxygens (including phenoxy) is 1. The van der Waals surface area contributed by atoms with E-state index in [1.165, 1.54) is 0 Å². The van der Waals surface area contributed by atoms with Gasteiger partial charge < -0.3 is 20.3 Å². The van der Waals surface area contributed by atoms with E-state index in [0.29, 0.717) is 17.6 Å². The lowest BCUT2D eigenvalue weighted by Gasteiger charge is -2.36. The second-order valence-electron chi connectivity index (χ2n) is 6.54. The van der Waals surface area contributed by atoms with Crippen molar-refractivity contribution in [2.75, 3.05) is 31.1 Å². The van der Waals surface area contributed by atoms with Gasteiger partial charge in [-0.05, 0) is 19.8 Å². The van der Waals surface area contributed by atoms with Crippen molar-refractivity contribution in [2.24, 2.45) is 5.73 Å². The van der Waals surface area contributed by atoms with Crippen molar-refractivity contribution in [1.82, 2.24) is 14.9 Å². The maximum Gasteiger partial charge on any atom is 0.252 e. The van der Waals surface area contributed by atoms with Crippen LogP contribution >= 0.6 is 11.6 Å². The molecule has 1 amide bonds. The first-order valence-corrected chi connectivity index (χ1v) is 8.82. The van der Waals surface area contributed by atoms with Crippen molar-refractivity contribution >= 4 is 23.5 Å². The predicted molar refractivity (Wildman–Crippen MR) is 92.0 cm³/mol. The molecular formula is C16H24ClN5O2. The van der Waals surface area contributed by atoms with E-state index in [0.717, 1.165) is 38.9 Å². The molecule has 132 valence electrons. The number of carbonyl (C=O) groups excluding carboxylic acids is 1. The molecule has 2 aliphatic heterocycles. The molecule has 2 N–H and O–H groups in total. The zero-order valence-corrected chi connectivity index (χ0v) is 14.7. The minimum atomic E-state index is -0.325. The van der Waals surface area contributed by atoms with Crippen LogP contribution in [0.4, 0.5) is 5.95 Å². The molecule has 2 aliphatic rings. The molecule has 24 heavy (non-hydrogen) atoms. The first-order valence-electron chi connectivity index (χ1n) is 8.44. The number of hydrogen-bond donors (Lipinski definition) is 1. The molecule has 2 saturated heterocycles. The van der Waals surface area contributed by atoms with Gasteiger partial charge in [-0.2, -0.15) is 0 Å². The van der Waals surface area contributed by atoms with E-state index in [9.17, 15) is 4.79 Å². The van der Waals surface area contributed by atoms with Crippen LogP contribution in [0.25, 0.3) is 0 Å². The number of carbonyl (C=O) groups is 1. The fourth-order valence-corrected chi connectivity index (χ4v) is 3.40. The minimum absolute atomic E-state index is 0.0468. The largest absolute Gasteiger partial charge is 0.367 e. The van der Waals surface area contributed by atoms with Gasteiger partial charge in [0.1, 0.15) is 6.10 Å². The maximum absolute atomic E-state index is 12.5. The van der Waals surface area contributed by atoms with Gasteiger partial charge in [0.05, 0.1) is 24.0 Å². The van der Waals surface area contributed by atoms with Crippen molar-refractivity contribution < 1.29 is 9.53 Å². The molecule has 1 aromatic rings. The number of halogens is 1. The maximum atomic E-state index is 12.5. The zero-order valence-electron chi connectivity index (χ0n) is 13.9. The van der Waals surface area contributed by atoms with Crippen LogP contribution in [0.1, 0.15) is 26.2 Å². The van der Waals surface area contributed by atoms with E-state index in [1.54, 1.807) is 12.4 Å². The molecule has 0 aliphatic carbocycles. The van der Waals surface area contributed by atoms with Crippen LogP contribution in [0, 0.1) is 0 Å². The van der Waals surface area contributed by atoms with Crippen LogP contribution in [0.5, 0.6) is 0 Å². The van der Waals surface area contributed by atoms with Gasteiger partial charge in [0.15, 0.2) is 0 Å². The van der Waals surface area contributed by atoms with Gasteiger partial charge in [-0.1, -0.05) is 11.6 Å². The number of aromatic nitrogens is 2. The average molecular weight is 354 g/mol. The molecule has 7 nitrogen and oxygen atoms in total. The normalized spacial score (nSPS) is 23.8. The predicted octanol–water partition coefficient (Wildman–Crippen LogP) is 1.06. The van der Waals surface area contributed by atoms with Gasteiger partial charge in [0, 0.05) is 38.1 Å². The summed E-state index contributed by atoms with van der Waals surface area (Å²) in [7, 11) is 0. The molecule has 2 fully saturated rings. The Bertz CT molecular complexity index is 560. The lowest BCUT2D eigenvalue weighted by atomic mass is 10.0. The third-order valence-corrected chi connectivity index (χ3v) is 4.74. The standard InChI is InChI=1S/C16H24ClN5O2/c1-11(18)10-24-14-4-7-22(15(14)23)13-2-5-21(6-3-13)16-19-8-12(17)9-20-16/h8-9,11,13-14H,2-7,10,18H2,1H3/t11?,14-/m1/s1. The van der Waals surface area contributed by atoms with E-state index in [-0.39, 0.29) is 24.1 Å². The number of piperidine rings is 1. The number of rotatable bonds is 5. The van der Waals surface area contributed by atoms with E-state index >= 15 is 0 Å². The van der Waals surface area contributed by atoms with Crippen molar-refractivity contribution in [2.45, 2.75) is 44.4 Å². The van der Waals surface area contributed by atoms with Gasteiger partial charge >= 0.3 is 0 Å². The van der Waals surface area contributed by atoms with Crippen LogP contribution in [0.3, 0.4) is 0 Å². The van der Waals surface area contributed by atoms with Crippen molar-refractivity contribution in [1.29, 1.82) is 0 Å². The lowest BCUT2D eigenvalue weighted by molar-refractivity contribution is -0.139. The third kappa shape index (κ3) is 3.96. The Morgan fingerprint density at radius 1 is 1.29 bits per heavy atom. The molecule has 0 aromatic carbocycles. The lowest BCUT2D eigenvalue weighted by Crippen LogP contribution is -2.47. The molecule has 3 heterocycles. The highest BCUT2D eigenvalue weighted by atomic mass is 35.5. The van der Waals surface area contributed by atoms with E-state index in [1.807, 2.05) is 11.8 Å². The summed E-state index contributed by atoms with van der Waals surface area (Å²) in [6.07, 6.45) is 5.48. The van der Waals surface area contributed by atoms with Crippen LogP contribution in [-0.4, -0.2) is 65.2 Å². The quantitative estimate of drug-likeness (QED) is 0.852. The van der Waals surface area contributed by atoms with Crippen molar-refractivity contribution in [3.63, 3.8) is 0 Å². The highest BCUT2D eigenvalue weighted by Gasteiger charge is 2.38. The SMILES string of the molecule is CC(N)CO[C@@H]1CCN(C2CCN(c3ncc(Cl)cn3)CC2)C1=O. The van der Waals surface area contributed by atoms with E-state index in [4.69, 9.17) is 22.1 Å². The minimum Gasteiger partial charge on any atom is -0.367 e. The summed E-state index contributed by atoms with van der Waals surface area (Å²) in [5, 5.41) is 0.536. The molecule has 2 atom stereocenters. The molecule has 3 rings (SSSR count). The van der Waals surface area contributed by atoms with Gasteiger partial charge in [-0.25, -0.2) is 9.97 Å². The molecule has 0 bridgehead atoms. The fraction of sp³-hybridized carbons (Fsp3) is 0.688. The second kappa shape index (κ2) is 7.63. The third-order valence-electron chi connectivity index (χ3n) is 4.55. The zero-order chi connectivity index (χ0) is 17.1. The number of nitrogens with two attached hydrogens (primary N) is 1. The van der Waals surface area contributed by atoms with Crippen LogP contribution < -0.4 is 10.6 Å². The average Bonchev–Trinajstić information content (AvgIpc) is 2.95. The molecule has 0 radical (unpaired) electrons. The summed E-state index contributed by atoms with van der Waals surface area (Å²) in [5.74, 6) is 0.806. The second-order valence-corrected chi connectivity index (χ2v) is 6.98. The summed E-state index contributed by atoms with van der Waals surface area (Å²) in [6, 6.07) is 0.222. The van der Waals surface area contributed by atoms with E-state index in [2.05, 4.69) is 14.9 Å². The molecule has 0 spiro atoms. The highest BCUT2D eigenvalue weighted by Crippen LogP contribution is 2.25. The molecule has 1 unspecified atom stereocenters. The van der Waals surface area contributed by atoms with Gasteiger partial charge in [0.25, 0.3) is 5.91 Å². The number of hydrogen-bond acceptors (Lipinski definition) is 6. The number of nitrogens with zero attached hydrogens (tertiary/aromatic N) is 4. The van der Waals surface area contributed by atoms with Gasteiger partial charge in [-0.3, -0.25) is 4.79 Å². The number of likely N-dealkylation sites (tertiary alicyclic amines) is 1. The van der Waals surface area contributed by atoms with Crippen molar-refractivity contribution in [3.05, 3.63) is 17.4 Å². The summed E-state index contributed by atoms with van der Waals surface area (Å²) in [4.78, 5) is 25.2. The van der Waals surface area contributed by atoms with Crippen molar-refractivity contribution in [3.8, 4) is 0 Å². The first-order chi connectivity index (χ1) is 11.5. The molecule has 8 heteroatoms. The van der Waals surface area contributed by atoms with Crippen LogP contribution in [0.2, 0.25) is 5.02 Å². The Kier molecular flexibility index (Phi) is 5.53. The smallest absolute Gasteiger partial charge is 0.252 e. The Morgan fingerprint density at radius 2 is 1.96 bits per heavy atom. The number of amides is 1. The van der Waals surface area contributed by atoms with E-state index < -0.39 is 0 Å². The van der Waals surface area contributed by atoms with Crippen LogP contribution in [0.15, 0.2) is 12.4 Å². The monoisotopic (exact) mass is 353 g/mol. The highest BCUT2D eigenvalue weighted by molar-refractivity contribution is 6.30. The summed E-state index contributed by atoms with van der Waals surface area (Å²) in [6.45, 7) is 4.75.